The van der Waals surface area contributed by atoms with E-state index in [1.807, 2.05) is 0 Å². The molecule has 0 saturated carbocycles. The van der Waals surface area contributed by atoms with E-state index >= 15 is 0 Å². The van der Waals surface area contributed by atoms with Crippen LogP contribution in [-0.4, -0.2) is 23.9 Å². The van der Waals surface area contributed by atoms with Crippen LogP contribution in [0.15, 0.2) is 0 Å². The van der Waals surface area contributed by atoms with E-state index in [1.54, 1.807) is 7.11 Å². The Morgan fingerprint density at radius 2 is 2.44 bits per heavy atom. The van der Waals surface area contributed by atoms with Crippen molar-refractivity contribution in [2.24, 2.45) is 0 Å². The van der Waals surface area contributed by atoms with Crippen LogP contribution >= 0.6 is 22.6 Å². The van der Waals surface area contributed by atoms with Gasteiger partial charge in [-0.2, -0.15) is 0 Å². The van der Waals surface area contributed by atoms with Crippen LogP contribution in [0, 0.1) is 0 Å². The molecule has 0 bridgehead atoms. The molecule has 54 valence electrons. The highest BCUT2D eigenvalue weighted by molar-refractivity contribution is 14.1. The standard InChI is InChI=1S/C6H11IO2/c1-8-6-5(7)3-2-4-9-6/h5-6H,2-4H2,1H3/t5-,6-/m0/s1. The average molecular weight is 242 g/mol. The van der Waals surface area contributed by atoms with Crippen LogP contribution in [0.3, 0.4) is 0 Å². The van der Waals surface area contributed by atoms with Crippen molar-refractivity contribution in [2.75, 3.05) is 13.7 Å². The summed E-state index contributed by atoms with van der Waals surface area (Å²) in [5.41, 5.74) is 0. The van der Waals surface area contributed by atoms with Gasteiger partial charge in [-0.15, -0.1) is 0 Å². The van der Waals surface area contributed by atoms with E-state index in [1.165, 1.54) is 12.8 Å². The van der Waals surface area contributed by atoms with Gasteiger partial charge in [-0.3, -0.25) is 0 Å². The van der Waals surface area contributed by atoms with Crippen LogP contribution in [0.5, 0.6) is 0 Å². The summed E-state index contributed by atoms with van der Waals surface area (Å²) in [5.74, 6) is 0. The summed E-state index contributed by atoms with van der Waals surface area (Å²) in [6, 6.07) is 0. The summed E-state index contributed by atoms with van der Waals surface area (Å²) in [4.78, 5) is 0. The summed E-state index contributed by atoms with van der Waals surface area (Å²) < 4.78 is 10.9. The molecule has 0 aromatic carbocycles. The summed E-state index contributed by atoms with van der Waals surface area (Å²) in [7, 11) is 1.70. The molecule has 1 fully saturated rings. The van der Waals surface area contributed by atoms with Crippen molar-refractivity contribution in [3.05, 3.63) is 0 Å². The van der Waals surface area contributed by atoms with Gasteiger partial charge >= 0.3 is 0 Å². The van der Waals surface area contributed by atoms with E-state index in [9.17, 15) is 0 Å². The number of halogens is 1. The first kappa shape index (κ1) is 7.75. The van der Waals surface area contributed by atoms with Gasteiger partial charge in [0.2, 0.25) is 0 Å². The van der Waals surface area contributed by atoms with Gasteiger partial charge in [0.05, 0.1) is 3.92 Å². The van der Waals surface area contributed by atoms with E-state index in [4.69, 9.17) is 9.47 Å². The van der Waals surface area contributed by atoms with Crippen molar-refractivity contribution in [3.63, 3.8) is 0 Å². The minimum Gasteiger partial charge on any atom is -0.355 e. The van der Waals surface area contributed by atoms with Crippen molar-refractivity contribution in [1.82, 2.24) is 0 Å². The second-order valence-corrected chi connectivity index (χ2v) is 3.73. The maximum atomic E-state index is 5.31. The van der Waals surface area contributed by atoms with Crippen LogP contribution in [0.1, 0.15) is 12.8 Å². The molecule has 0 N–H and O–H groups in total. The van der Waals surface area contributed by atoms with Crippen molar-refractivity contribution < 1.29 is 9.47 Å². The monoisotopic (exact) mass is 242 g/mol. The maximum Gasteiger partial charge on any atom is 0.168 e. The van der Waals surface area contributed by atoms with E-state index < -0.39 is 0 Å². The molecule has 2 nitrogen and oxygen atoms in total. The minimum absolute atomic E-state index is 0.0411. The Morgan fingerprint density at radius 3 is 2.89 bits per heavy atom. The molecule has 0 aromatic heterocycles. The SMILES string of the molecule is CO[C@H]1OCCC[C@@H]1I. The van der Waals surface area contributed by atoms with Gasteiger partial charge in [0.25, 0.3) is 0 Å². The number of hydrogen-bond donors (Lipinski definition) is 0. The summed E-state index contributed by atoms with van der Waals surface area (Å²) in [5, 5.41) is 0. The van der Waals surface area contributed by atoms with Crippen LogP contribution in [0.4, 0.5) is 0 Å². The molecule has 0 radical (unpaired) electrons. The number of hydrogen-bond acceptors (Lipinski definition) is 2. The number of ether oxygens (including phenoxy) is 2. The zero-order valence-electron chi connectivity index (χ0n) is 5.47. The molecular formula is C6H11IO2. The summed E-state index contributed by atoms with van der Waals surface area (Å²) in [6.07, 6.45) is 2.44. The number of rotatable bonds is 1. The molecule has 1 saturated heterocycles. The lowest BCUT2D eigenvalue weighted by Gasteiger charge is -2.25. The lowest BCUT2D eigenvalue weighted by atomic mass is 10.2. The maximum absolute atomic E-state index is 5.31. The Balaban J connectivity index is 2.30. The second-order valence-electron chi connectivity index (χ2n) is 2.13. The van der Waals surface area contributed by atoms with E-state index in [-0.39, 0.29) is 6.29 Å². The molecule has 0 aromatic rings. The molecule has 1 rings (SSSR count). The first-order chi connectivity index (χ1) is 4.34. The van der Waals surface area contributed by atoms with Crippen LogP contribution in [0.2, 0.25) is 0 Å². The molecule has 0 spiro atoms. The number of methoxy groups -OCH3 is 1. The summed E-state index contributed by atoms with van der Waals surface area (Å²) in [6.45, 7) is 0.859. The van der Waals surface area contributed by atoms with Gasteiger partial charge in [-0.1, -0.05) is 22.6 Å². The molecule has 0 aliphatic carbocycles. The molecule has 1 aliphatic rings. The molecule has 3 heteroatoms. The van der Waals surface area contributed by atoms with Crippen LogP contribution in [-0.2, 0) is 9.47 Å². The van der Waals surface area contributed by atoms with Gasteiger partial charge in [0, 0.05) is 13.7 Å². The lowest BCUT2D eigenvalue weighted by Crippen LogP contribution is -2.31. The third-order valence-corrected chi connectivity index (χ3v) is 2.64. The average Bonchev–Trinajstić information content (AvgIpc) is 1.89. The highest BCUT2D eigenvalue weighted by atomic mass is 127. The van der Waals surface area contributed by atoms with Crippen molar-refractivity contribution in [3.8, 4) is 0 Å². The van der Waals surface area contributed by atoms with Gasteiger partial charge in [0.15, 0.2) is 6.29 Å². The zero-order chi connectivity index (χ0) is 6.69. The fraction of sp³-hybridized carbons (Fsp3) is 1.00. The normalized spacial score (nSPS) is 36.7. The summed E-state index contributed by atoms with van der Waals surface area (Å²) >= 11 is 2.37. The van der Waals surface area contributed by atoms with E-state index in [2.05, 4.69) is 22.6 Å². The fourth-order valence-corrected chi connectivity index (χ4v) is 1.88. The highest BCUT2D eigenvalue weighted by Crippen LogP contribution is 2.21. The lowest BCUT2D eigenvalue weighted by molar-refractivity contribution is -0.137. The third-order valence-electron chi connectivity index (χ3n) is 1.43. The fourth-order valence-electron chi connectivity index (χ4n) is 0.934. The predicted molar refractivity (Wildman–Crippen MR) is 43.8 cm³/mol. The van der Waals surface area contributed by atoms with Crippen LogP contribution in [0.25, 0.3) is 0 Å². The molecule has 1 heterocycles. The Morgan fingerprint density at radius 1 is 1.67 bits per heavy atom. The van der Waals surface area contributed by atoms with Crippen molar-refractivity contribution >= 4 is 22.6 Å². The Bertz CT molecular complexity index is 87.1. The highest BCUT2D eigenvalue weighted by Gasteiger charge is 2.22. The zero-order valence-corrected chi connectivity index (χ0v) is 7.63. The minimum atomic E-state index is 0.0411. The van der Waals surface area contributed by atoms with E-state index in [0.29, 0.717) is 3.92 Å². The largest absolute Gasteiger partial charge is 0.355 e. The molecular weight excluding hydrogens is 231 g/mol. The van der Waals surface area contributed by atoms with Crippen molar-refractivity contribution in [1.29, 1.82) is 0 Å². The predicted octanol–water partition coefficient (Wildman–Crippen LogP) is 1.57. The first-order valence-corrected chi connectivity index (χ1v) is 4.37. The molecule has 1 aliphatic heterocycles. The van der Waals surface area contributed by atoms with Crippen LogP contribution < -0.4 is 0 Å². The topological polar surface area (TPSA) is 18.5 Å². The second kappa shape index (κ2) is 3.73. The van der Waals surface area contributed by atoms with Gasteiger partial charge < -0.3 is 9.47 Å². The Kier molecular flexibility index (Phi) is 3.21. The van der Waals surface area contributed by atoms with E-state index in [0.717, 1.165) is 6.61 Å². The molecule has 0 unspecified atom stereocenters. The Labute approximate surface area is 69.0 Å². The molecule has 2 atom stereocenters. The quantitative estimate of drug-likeness (QED) is 0.513. The van der Waals surface area contributed by atoms with Gasteiger partial charge in [-0.25, -0.2) is 0 Å². The third kappa shape index (κ3) is 2.05. The van der Waals surface area contributed by atoms with Gasteiger partial charge in [0.1, 0.15) is 0 Å². The smallest absolute Gasteiger partial charge is 0.168 e. The Hall–Kier alpha value is 0.650. The van der Waals surface area contributed by atoms with Gasteiger partial charge in [-0.05, 0) is 12.8 Å². The van der Waals surface area contributed by atoms with Crippen molar-refractivity contribution in [2.45, 2.75) is 23.1 Å². The first-order valence-electron chi connectivity index (χ1n) is 3.13. The molecule has 0 amide bonds. The molecule has 9 heavy (non-hydrogen) atoms. The number of alkyl halides is 1.